The van der Waals surface area contributed by atoms with Crippen LogP contribution in [0.1, 0.15) is 182 Å². The molecule has 0 spiro atoms. The van der Waals surface area contributed by atoms with E-state index in [1.165, 1.54) is 50.5 Å². The molecule has 25 heteroatoms. The lowest BCUT2D eigenvalue weighted by Gasteiger charge is -2.58. The van der Waals surface area contributed by atoms with Crippen LogP contribution in [0.25, 0.3) is 0 Å². The number of carboxylic acid groups (broad SMARTS) is 1. The number of ether oxygens (including phenoxy) is 1. The maximum atomic E-state index is 13.9. The van der Waals surface area contributed by atoms with Gasteiger partial charge in [-0.25, -0.2) is 4.79 Å². The highest BCUT2D eigenvalue weighted by Crippen LogP contribution is 2.67. The third kappa shape index (κ3) is 23.4. The Balaban J connectivity index is 1.23. The van der Waals surface area contributed by atoms with Crippen molar-refractivity contribution in [3.63, 3.8) is 0 Å². The van der Waals surface area contributed by atoms with Crippen molar-refractivity contribution in [3.8, 4) is 0 Å². The first-order chi connectivity index (χ1) is 42.0. The van der Waals surface area contributed by atoms with E-state index >= 15 is 0 Å². The van der Waals surface area contributed by atoms with Crippen molar-refractivity contribution < 1.29 is 58.1 Å². The average Bonchev–Trinajstić information content (AvgIpc) is 1.35. The number of rotatable bonds is 42. The number of carbonyl (C=O) groups is 9. The molecular formula is C63H112N12O12S. The Hall–Kier alpha value is -4.92. The van der Waals surface area contributed by atoms with Gasteiger partial charge in [-0.05, 0) is 188 Å². The van der Waals surface area contributed by atoms with E-state index in [2.05, 4.69) is 77.9 Å². The van der Waals surface area contributed by atoms with Gasteiger partial charge in [0.15, 0.2) is 0 Å². The number of hydrogen-bond donors (Lipinski definition) is 14. The Kier molecular flexibility index (Phi) is 33.2. The van der Waals surface area contributed by atoms with Gasteiger partial charge in [0, 0.05) is 12.2 Å². The highest BCUT2D eigenvalue weighted by Gasteiger charge is 2.59. The minimum atomic E-state index is -1.59. The van der Waals surface area contributed by atoms with E-state index in [4.69, 9.17) is 33.4 Å². The van der Waals surface area contributed by atoms with Gasteiger partial charge < -0.3 is 80.8 Å². The first-order valence-corrected chi connectivity index (χ1v) is 34.0. The van der Waals surface area contributed by atoms with Crippen molar-refractivity contribution in [1.29, 1.82) is 0 Å². The summed E-state index contributed by atoms with van der Waals surface area (Å²) in [6.07, 6.45) is 19.8. The second-order valence-corrected chi connectivity index (χ2v) is 27.3. The Labute approximate surface area is 526 Å². The van der Waals surface area contributed by atoms with Gasteiger partial charge >= 0.3 is 11.9 Å². The van der Waals surface area contributed by atoms with Gasteiger partial charge in [0.1, 0.15) is 36.3 Å². The number of carbonyl (C=O) groups excluding carboxylic acids is 8. The number of aliphatic carboxylic acids is 1. The number of aliphatic hydroxyl groups excluding tert-OH is 1. The van der Waals surface area contributed by atoms with Crippen LogP contribution in [0.4, 0.5) is 0 Å². The Morgan fingerprint density at radius 3 is 1.66 bits per heavy atom. The fourth-order valence-electron chi connectivity index (χ4n) is 14.4. The number of thioether (sulfide) groups is 1. The van der Waals surface area contributed by atoms with Crippen molar-refractivity contribution in [1.82, 2.24) is 37.2 Å². The van der Waals surface area contributed by atoms with E-state index < -0.39 is 109 Å². The first-order valence-electron chi connectivity index (χ1n) is 32.9. The van der Waals surface area contributed by atoms with Gasteiger partial charge in [-0.2, -0.15) is 0 Å². The van der Waals surface area contributed by atoms with Crippen molar-refractivity contribution in [2.75, 3.05) is 57.4 Å². The van der Waals surface area contributed by atoms with Gasteiger partial charge in [-0.15, -0.1) is 11.8 Å². The third-order valence-electron chi connectivity index (χ3n) is 19.4. The predicted octanol–water partition coefficient (Wildman–Crippen LogP) is 2.25. The van der Waals surface area contributed by atoms with Crippen molar-refractivity contribution >= 4 is 65.1 Å². The number of hydrogen-bond acceptors (Lipinski definition) is 17. The van der Waals surface area contributed by atoms with Crippen molar-refractivity contribution in [2.45, 2.75) is 225 Å². The predicted molar refractivity (Wildman–Crippen MR) is 340 cm³/mol. The summed E-state index contributed by atoms with van der Waals surface area (Å²) in [7, 11) is 0. The molecule has 0 bridgehead atoms. The third-order valence-corrected chi connectivity index (χ3v) is 20.4. The Morgan fingerprint density at radius 1 is 0.602 bits per heavy atom. The molecule has 3 saturated carbocycles. The number of nitrogens with two attached hydrogens (primary N) is 5. The van der Waals surface area contributed by atoms with Crippen LogP contribution >= 0.6 is 11.8 Å². The Bertz CT molecular complexity index is 2300. The smallest absolute Gasteiger partial charge is 0.327 e. The monoisotopic (exact) mass is 1260 g/mol. The number of aliphatic hydroxyl groups is 1. The average molecular weight is 1260 g/mol. The largest absolute Gasteiger partial charge is 0.480 e. The molecule has 0 aromatic rings. The van der Waals surface area contributed by atoms with Gasteiger partial charge in [0.05, 0.1) is 31.5 Å². The zero-order valence-corrected chi connectivity index (χ0v) is 54.3. The van der Waals surface area contributed by atoms with Crippen LogP contribution in [-0.2, 0) is 47.9 Å². The number of amides is 7. The summed E-state index contributed by atoms with van der Waals surface area (Å²) in [5.74, 6) is -3.23. The summed E-state index contributed by atoms with van der Waals surface area (Å²) >= 11 is 1.00. The maximum absolute atomic E-state index is 13.9. The quantitative estimate of drug-likeness (QED) is 0.0237. The second kappa shape index (κ2) is 38.7. The number of unbranched alkanes of at least 4 members (excludes halogenated alkanes) is 4. The molecule has 7 amide bonds. The molecule has 4 rings (SSSR count). The van der Waals surface area contributed by atoms with Crippen LogP contribution in [0.5, 0.6) is 0 Å². The lowest BCUT2D eigenvalue weighted by Crippen LogP contribution is -2.58. The molecule has 0 aromatic heterocycles. The summed E-state index contributed by atoms with van der Waals surface area (Å²) in [6.45, 7) is 11.2. The summed E-state index contributed by atoms with van der Waals surface area (Å²) in [5, 5.41) is 37.4. The summed E-state index contributed by atoms with van der Waals surface area (Å²) in [5.41, 5.74) is 30.7. The van der Waals surface area contributed by atoms with E-state index in [0.29, 0.717) is 108 Å². The fraction of sp³-hybridized carbons (Fsp3) is 0.825. The van der Waals surface area contributed by atoms with Crippen LogP contribution in [0.2, 0.25) is 0 Å². The van der Waals surface area contributed by atoms with Crippen LogP contribution in [0, 0.1) is 46.3 Å². The van der Waals surface area contributed by atoms with Crippen LogP contribution in [-0.4, -0.2) is 163 Å². The molecule has 502 valence electrons. The molecule has 4 aliphatic rings. The molecule has 88 heavy (non-hydrogen) atoms. The molecule has 0 aliphatic heterocycles. The highest BCUT2D eigenvalue weighted by atomic mass is 32.2. The molecule has 3 fully saturated rings. The van der Waals surface area contributed by atoms with Gasteiger partial charge in [0.2, 0.25) is 41.4 Å². The number of esters is 1. The topological polar surface area (TPSA) is 418 Å². The summed E-state index contributed by atoms with van der Waals surface area (Å²) < 4.78 is 5.98. The van der Waals surface area contributed by atoms with Crippen LogP contribution < -0.4 is 65.9 Å². The standard InChI is InChI=1S/C63H112N12O12S/c1-39(2)15-14-16-40(3)44-23-24-45-43-22-21-41-33-42(25-27-62(41,4)46(43)26-28-63(44,45)5)87-55(79)38-88-37-52(61(85)86)72-54(78)35-70-58(82)51(36-76)71-53(77)34-69-57(81)48(18-7-11-30-65)74-60(84)50(20-9-13-32-67)75-59(83)49(19-8-12-31-66)73-56(80)47(68)17-6-10-29-64/h21,39-40,42-52,76H,6-20,22-38,64-68H2,1-5H3,(H,69,81)(H,70,82)(H,71,77)(H,72,78)(H,73,80)(H,74,84)(H,75,83)(H,85,86)/t40-,42+,43+,44-,45+,46+,47+,48+,49+,50+,51+,52+,62+,63-/m1/s1. The number of allylic oxidation sites excluding steroid dienone is 1. The lowest BCUT2D eigenvalue weighted by molar-refractivity contribution is -0.148. The zero-order chi connectivity index (χ0) is 65.0. The maximum Gasteiger partial charge on any atom is 0.327 e. The number of carboxylic acids is 1. The van der Waals surface area contributed by atoms with E-state index in [1.54, 1.807) is 0 Å². The van der Waals surface area contributed by atoms with E-state index in [9.17, 15) is 53.4 Å². The fourth-order valence-corrected chi connectivity index (χ4v) is 15.2. The molecule has 0 radical (unpaired) electrons. The zero-order valence-electron chi connectivity index (χ0n) is 53.5. The van der Waals surface area contributed by atoms with Gasteiger partial charge in [0.25, 0.3) is 0 Å². The molecule has 0 aromatic carbocycles. The SMILES string of the molecule is CC(C)CCC[C@@H](C)[C@H]1CC[C@H]2[C@@H]3CC=C4C[C@@H](OC(=O)CSC[C@H](NC(=O)CNC(=O)[C@H](CO)NC(=O)CNC(=O)[C@H](CCCCN)NC(=O)[C@H](CCCCN)NC(=O)[C@H](CCCCN)NC(=O)[C@@H](N)CCCCN)C(=O)O)CC[C@]4(C)[C@H]3CC[C@]12C. The van der Waals surface area contributed by atoms with Gasteiger partial charge in [-0.1, -0.05) is 72.0 Å². The molecular weight excluding hydrogens is 1150 g/mol. The molecule has 4 aliphatic carbocycles. The Morgan fingerprint density at radius 2 is 1.12 bits per heavy atom. The highest BCUT2D eigenvalue weighted by molar-refractivity contribution is 8.00. The molecule has 0 heterocycles. The van der Waals surface area contributed by atoms with Crippen LogP contribution in [0.15, 0.2) is 11.6 Å². The molecule has 0 saturated heterocycles. The molecule has 14 atom stereocenters. The molecule has 24 nitrogen and oxygen atoms in total. The number of nitrogens with one attached hydrogen (secondary N) is 7. The minimum absolute atomic E-state index is 0.0868. The van der Waals surface area contributed by atoms with Crippen LogP contribution in [0.3, 0.4) is 0 Å². The lowest BCUT2D eigenvalue weighted by atomic mass is 9.47. The number of fused-ring (bicyclic) bond motifs is 5. The van der Waals surface area contributed by atoms with E-state index in [0.717, 1.165) is 54.7 Å². The summed E-state index contributed by atoms with van der Waals surface area (Å²) in [4.78, 5) is 119. The molecule has 0 unspecified atom stereocenters. The first kappa shape index (κ1) is 75.5. The summed E-state index contributed by atoms with van der Waals surface area (Å²) in [6, 6.07) is -7.31. The normalized spacial score (nSPS) is 24.5. The van der Waals surface area contributed by atoms with Gasteiger partial charge in [-0.3, -0.25) is 38.4 Å². The van der Waals surface area contributed by atoms with E-state index in [-0.39, 0.29) is 42.3 Å². The van der Waals surface area contributed by atoms with Crippen molar-refractivity contribution in [2.24, 2.45) is 75.0 Å². The van der Waals surface area contributed by atoms with Crippen molar-refractivity contribution in [3.05, 3.63) is 11.6 Å². The molecule has 19 N–H and O–H groups in total. The minimum Gasteiger partial charge on any atom is -0.480 e. The second-order valence-electron chi connectivity index (χ2n) is 26.3. The van der Waals surface area contributed by atoms with E-state index in [1.807, 2.05) is 0 Å².